The lowest BCUT2D eigenvalue weighted by Gasteiger charge is -2.12. The van der Waals surface area contributed by atoms with Gasteiger partial charge in [0.2, 0.25) is 0 Å². The van der Waals surface area contributed by atoms with Gasteiger partial charge in [0.1, 0.15) is 5.75 Å². The first-order chi connectivity index (χ1) is 11.2. The third kappa shape index (κ3) is 3.14. The van der Waals surface area contributed by atoms with Gasteiger partial charge in [-0.3, -0.25) is 9.78 Å². The quantitative estimate of drug-likeness (QED) is 0.730. The normalized spacial score (nSPS) is 10.5. The molecule has 1 heterocycles. The number of ether oxygens (including phenoxy) is 1. The van der Waals surface area contributed by atoms with Crippen molar-refractivity contribution in [2.24, 2.45) is 0 Å². The Bertz CT molecular complexity index is 865. The number of pyridine rings is 1. The number of rotatable bonds is 4. The zero-order valence-corrected chi connectivity index (χ0v) is 13.7. The zero-order valence-electron chi connectivity index (χ0n) is 12.9. The first-order valence-electron chi connectivity index (χ1n) is 7.10. The second-order valence-electron chi connectivity index (χ2n) is 4.90. The van der Waals surface area contributed by atoms with Crippen molar-refractivity contribution in [3.63, 3.8) is 0 Å². The van der Waals surface area contributed by atoms with Gasteiger partial charge in [-0.15, -0.1) is 11.8 Å². The highest BCUT2D eigenvalue weighted by Gasteiger charge is 2.13. The number of methoxy groups -OCH3 is 1. The molecule has 0 saturated heterocycles. The molecule has 0 atom stereocenters. The molecule has 0 saturated carbocycles. The van der Waals surface area contributed by atoms with Crippen LogP contribution in [0.5, 0.6) is 5.75 Å². The van der Waals surface area contributed by atoms with Crippen LogP contribution in [0.15, 0.2) is 59.6 Å². The topological polar surface area (TPSA) is 51.2 Å². The van der Waals surface area contributed by atoms with E-state index in [1.807, 2.05) is 48.7 Å². The van der Waals surface area contributed by atoms with Crippen molar-refractivity contribution < 1.29 is 9.53 Å². The molecule has 5 heteroatoms. The Labute approximate surface area is 138 Å². The molecule has 0 aliphatic carbocycles. The predicted octanol–water partition coefficient (Wildman–Crippen LogP) is 4.22. The second kappa shape index (κ2) is 6.71. The molecule has 1 amide bonds. The summed E-state index contributed by atoms with van der Waals surface area (Å²) < 4.78 is 5.31. The van der Waals surface area contributed by atoms with Gasteiger partial charge in [-0.05, 0) is 30.5 Å². The number of thioether (sulfide) groups is 1. The lowest BCUT2D eigenvalue weighted by molar-refractivity contribution is 0.102. The number of hydrogen-bond acceptors (Lipinski definition) is 4. The van der Waals surface area contributed by atoms with Gasteiger partial charge in [0.25, 0.3) is 5.91 Å². The van der Waals surface area contributed by atoms with E-state index in [1.54, 1.807) is 31.1 Å². The van der Waals surface area contributed by atoms with Crippen LogP contribution in [0.25, 0.3) is 10.9 Å². The monoisotopic (exact) mass is 324 g/mol. The van der Waals surface area contributed by atoms with Crippen molar-refractivity contribution in [2.45, 2.75) is 4.90 Å². The van der Waals surface area contributed by atoms with Crippen LogP contribution in [0.4, 0.5) is 5.69 Å². The number of fused-ring (bicyclic) bond motifs is 1. The minimum Gasteiger partial charge on any atom is -0.497 e. The van der Waals surface area contributed by atoms with Crippen LogP contribution in [-0.2, 0) is 0 Å². The fourth-order valence-corrected chi connectivity index (χ4v) is 3.00. The van der Waals surface area contributed by atoms with Crippen LogP contribution in [-0.4, -0.2) is 24.3 Å². The SMILES string of the molecule is COc1cc(NC(=O)c2ccccc2SC)c2ncccc2c1. The first kappa shape index (κ1) is 15.4. The maximum Gasteiger partial charge on any atom is 0.256 e. The number of amides is 1. The fourth-order valence-electron chi connectivity index (χ4n) is 2.40. The third-order valence-corrected chi connectivity index (χ3v) is 4.31. The predicted molar refractivity (Wildman–Crippen MR) is 94.5 cm³/mol. The average Bonchev–Trinajstić information content (AvgIpc) is 2.61. The number of aromatic nitrogens is 1. The molecule has 23 heavy (non-hydrogen) atoms. The van der Waals surface area contributed by atoms with Crippen LogP contribution < -0.4 is 10.1 Å². The minimum atomic E-state index is -0.157. The highest BCUT2D eigenvalue weighted by molar-refractivity contribution is 7.98. The highest BCUT2D eigenvalue weighted by atomic mass is 32.2. The third-order valence-electron chi connectivity index (χ3n) is 3.51. The molecule has 2 aromatic carbocycles. The Balaban J connectivity index is 2.02. The van der Waals surface area contributed by atoms with E-state index in [2.05, 4.69) is 10.3 Å². The lowest BCUT2D eigenvalue weighted by atomic mass is 10.1. The molecule has 0 spiro atoms. The van der Waals surface area contributed by atoms with Gasteiger partial charge in [0.05, 0.1) is 23.9 Å². The van der Waals surface area contributed by atoms with E-state index in [4.69, 9.17) is 4.74 Å². The molecule has 3 rings (SSSR count). The van der Waals surface area contributed by atoms with Gasteiger partial charge < -0.3 is 10.1 Å². The zero-order chi connectivity index (χ0) is 16.2. The molecule has 4 nitrogen and oxygen atoms in total. The largest absolute Gasteiger partial charge is 0.497 e. The maximum absolute atomic E-state index is 12.6. The summed E-state index contributed by atoms with van der Waals surface area (Å²) in [6.07, 6.45) is 3.66. The van der Waals surface area contributed by atoms with Crippen molar-refractivity contribution >= 4 is 34.3 Å². The Morgan fingerprint density at radius 3 is 2.78 bits per heavy atom. The molecule has 3 aromatic rings. The summed E-state index contributed by atoms with van der Waals surface area (Å²) in [5.41, 5.74) is 2.02. The smallest absolute Gasteiger partial charge is 0.256 e. The summed E-state index contributed by atoms with van der Waals surface area (Å²) in [6.45, 7) is 0. The second-order valence-corrected chi connectivity index (χ2v) is 5.75. The lowest BCUT2D eigenvalue weighted by Crippen LogP contribution is -2.13. The molecular weight excluding hydrogens is 308 g/mol. The highest BCUT2D eigenvalue weighted by Crippen LogP contribution is 2.29. The van der Waals surface area contributed by atoms with Gasteiger partial charge >= 0.3 is 0 Å². The van der Waals surface area contributed by atoms with Gasteiger partial charge in [-0.2, -0.15) is 0 Å². The molecule has 0 fully saturated rings. The molecule has 0 radical (unpaired) electrons. The number of carbonyl (C=O) groups is 1. The van der Waals surface area contributed by atoms with E-state index in [0.717, 1.165) is 15.8 Å². The standard InChI is InChI=1S/C18H16N2O2S/c1-22-13-10-12-6-5-9-19-17(12)15(11-13)20-18(21)14-7-3-4-8-16(14)23-2/h3-11H,1-2H3,(H,20,21). The van der Waals surface area contributed by atoms with Crippen LogP contribution in [0.2, 0.25) is 0 Å². The van der Waals surface area contributed by atoms with E-state index in [-0.39, 0.29) is 5.91 Å². The summed E-state index contributed by atoms with van der Waals surface area (Å²) in [5, 5.41) is 3.87. The number of carbonyl (C=O) groups excluding carboxylic acids is 1. The Morgan fingerprint density at radius 1 is 1.17 bits per heavy atom. The number of benzene rings is 2. The van der Waals surface area contributed by atoms with Gasteiger partial charge in [0.15, 0.2) is 0 Å². The van der Waals surface area contributed by atoms with Gasteiger partial charge in [-0.1, -0.05) is 18.2 Å². The van der Waals surface area contributed by atoms with E-state index < -0.39 is 0 Å². The van der Waals surface area contributed by atoms with E-state index in [1.165, 1.54) is 0 Å². The van der Waals surface area contributed by atoms with Crippen LogP contribution in [0, 0.1) is 0 Å². The maximum atomic E-state index is 12.6. The first-order valence-corrected chi connectivity index (χ1v) is 8.32. The number of anilines is 1. The number of hydrogen-bond donors (Lipinski definition) is 1. The van der Waals surface area contributed by atoms with E-state index in [0.29, 0.717) is 17.0 Å². The molecule has 0 unspecified atom stereocenters. The van der Waals surface area contributed by atoms with Gasteiger partial charge in [0, 0.05) is 22.5 Å². The molecule has 1 aromatic heterocycles. The summed E-state index contributed by atoms with van der Waals surface area (Å²) in [4.78, 5) is 17.9. The van der Waals surface area contributed by atoms with Crippen molar-refractivity contribution in [3.8, 4) is 5.75 Å². The Hall–Kier alpha value is -2.53. The van der Waals surface area contributed by atoms with Crippen molar-refractivity contribution in [3.05, 3.63) is 60.3 Å². The summed E-state index contributed by atoms with van der Waals surface area (Å²) in [5.74, 6) is 0.522. The van der Waals surface area contributed by atoms with E-state index >= 15 is 0 Å². The van der Waals surface area contributed by atoms with Crippen LogP contribution in [0.3, 0.4) is 0 Å². The molecule has 0 aliphatic rings. The minimum absolute atomic E-state index is 0.157. The van der Waals surface area contributed by atoms with E-state index in [9.17, 15) is 4.79 Å². The average molecular weight is 324 g/mol. The van der Waals surface area contributed by atoms with Crippen molar-refractivity contribution in [1.29, 1.82) is 0 Å². The van der Waals surface area contributed by atoms with Crippen molar-refractivity contribution in [1.82, 2.24) is 4.98 Å². The fraction of sp³-hybridized carbons (Fsp3) is 0.111. The molecule has 0 aliphatic heterocycles. The molecular formula is C18H16N2O2S. The summed E-state index contributed by atoms with van der Waals surface area (Å²) >= 11 is 1.54. The van der Waals surface area contributed by atoms with Crippen molar-refractivity contribution in [2.75, 3.05) is 18.7 Å². The Kier molecular flexibility index (Phi) is 4.48. The summed E-state index contributed by atoms with van der Waals surface area (Å²) in [7, 11) is 1.60. The molecule has 1 N–H and O–H groups in total. The van der Waals surface area contributed by atoms with Crippen LogP contribution >= 0.6 is 11.8 Å². The molecule has 116 valence electrons. The van der Waals surface area contributed by atoms with Crippen LogP contribution in [0.1, 0.15) is 10.4 Å². The van der Waals surface area contributed by atoms with Gasteiger partial charge in [-0.25, -0.2) is 0 Å². The Morgan fingerprint density at radius 2 is 2.00 bits per heavy atom. The number of nitrogens with one attached hydrogen (secondary N) is 1. The molecule has 0 bridgehead atoms. The number of nitrogens with zero attached hydrogens (tertiary/aromatic N) is 1. The summed E-state index contributed by atoms with van der Waals surface area (Å²) in [6, 6.07) is 15.0.